The van der Waals surface area contributed by atoms with Gasteiger partial charge in [-0.2, -0.15) is 0 Å². The van der Waals surface area contributed by atoms with Gasteiger partial charge in [0, 0.05) is 7.05 Å². The first-order valence-electron chi connectivity index (χ1n) is 4.65. The molecular weight excluding hydrogens is 166 g/mol. The van der Waals surface area contributed by atoms with Gasteiger partial charge in [0.05, 0.1) is 0 Å². The zero-order valence-electron chi connectivity index (χ0n) is 8.23. The highest BCUT2D eigenvalue weighted by molar-refractivity contribution is 5.03. The Morgan fingerprint density at radius 3 is 2.54 bits per heavy atom. The van der Waals surface area contributed by atoms with Gasteiger partial charge >= 0.3 is 0 Å². The molecule has 1 saturated carbocycles. The number of aryl methyl sites for hydroxylation is 1. The van der Waals surface area contributed by atoms with Crippen molar-refractivity contribution in [1.29, 1.82) is 0 Å². The van der Waals surface area contributed by atoms with Crippen LogP contribution in [0.4, 0.5) is 0 Å². The molecule has 0 aliphatic heterocycles. The van der Waals surface area contributed by atoms with Crippen LogP contribution in [0.3, 0.4) is 0 Å². The molecule has 0 spiro atoms. The van der Waals surface area contributed by atoms with Crippen LogP contribution in [0.15, 0.2) is 0 Å². The molecule has 1 fully saturated rings. The minimum Gasteiger partial charge on any atom is -0.385 e. The monoisotopic (exact) mass is 181 g/mol. The Bertz CT molecular complexity index is 321. The number of aliphatic hydroxyl groups is 1. The highest BCUT2D eigenvalue weighted by Gasteiger charge is 2.41. The van der Waals surface area contributed by atoms with E-state index in [2.05, 4.69) is 17.1 Å². The third-order valence-corrected chi connectivity index (χ3v) is 2.97. The first-order chi connectivity index (χ1) is 6.11. The van der Waals surface area contributed by atoms with Gasteiger partial charge in [-0.15, -0.1) is 10.2 Å². The molecule has 4 nitrogen and oxygen atoms in total. The maximum Gasteiger partial charge on any atom is 0.161 e. The lowest BCUT2D eigenvalue weighted by Gasteiger charge is -2.08. The van der Waals surface area contributed by atoms with E-state index in [9.17, 15) is 5.11 Å². The number of nitrogens with zero attached hydrogens (tertiary/aromatic N) is 3. The van der Waals surface area contributed by atoms with E-state index in [-0.39, 0.29) is 0 Å². The summed E-state index contributed by atoms with van der Waals surface area (Å²) >= 11 is 0. The van der Waals surface area contributed by atoms with Crippen molar-refractivity contribution in [3.8, 4) is 0 Å². The van der Waals surface area contributed by atoms with E-state index in [1.165, 1.54) is 0 Å². The van der Waals surface area contributed by atoms with Crippen molar-refractivity contribution in [3.63, 3.8) is 0 Å². The zero-order valence-corrected chi connectivity index (χ0v) is 8.23. The van der Waals surface area contributed by atoms with E-state index in [1.54, 1.807) is 0 Å². The van der Waals surface area contributed by atoms with Crippen molar-refractivity contribution >= 4 is 0 Å². The molecule has 0 amide bonds. The molecule has 2 rings (SSSR count). The summed E-state index contributed by atoms with van der Waals surface area (Å²) in [5.74, 6) is 2.57. The molecule has 1 aliphatic carbocycles. The zero-order chi connectivity index (χ0) is 9.59. The summed E-state index contributed by atoms with van der Waals surface area (Å²) < 4.78 is 1.86. The topological polar surface area (TPSA) is 50.9 Å². The molecule has 13 heavy (non-hydrogen) atoms. The molecular formula is C9H15N3O. The lowest BCUT2D eigenvalue weighted by atomic mass is 10.2. The van der Waals surface area contributed by atoms with E-state index in [1.807, 2.05) is 18.5 Å². The largest absolute Gasteiger partial charge is 0.385 e. The molecule has 72 valence electrons. The number of hydrogen-bond acceptors (Lipinski definition) is 3. The maximum absolute atomic E-state index is 9.90. The van der Waals surface area contributed by atoms with Gasteiger partial charge in [-0.3, -0.25) is 0 Å². The molecule has 0 radical (unpaired) electrons. The predicted octanol–water partition coefficient (Wildman–Crippen LogP) is 0.813. The lowest BCUT2D eigenvalue weighted by Crippen LogP contribution is -2.09. The Labute approximate surface area is 77.6 Å². The summed E-state index contributed by atoms with van der Waals surface area (Å²) in [5.41, 5.74) is 0. The van der Waals surface area contributed by atoms with Crippen LogP contribution in [-0.4, -0.2) is 19.9 Å². The van der Waals surface area contributed by atoms with E-state index < -0.39 is 6.10 Å². The second kappa shape index (κ2) is 2.80. The third-order valence-electron chi connectivity index (χ3n) is 2.97. The smallest absolute Gasteiger partial charge is 0.161 e. The van der Waals surface area contributed by atoms with Crippen LogP contribution >= 0.6 is 0 Å². The number of hydrogen-bond donors (Lipinski definition) is 1. The van der Waals surface area contributed by atoms with Crippen molar-refractivity contribution in [3.05, 3.63) is 11.6 Å². The molecule has 0 bridgehead atoms. The Kier molecular flexibility index (Phi) is 1.87. The molecule has 1 aliphatic rings. The second-order valence-electron chi connectivity index (χ2n) is 3.99. The Balaban J connectivity index is 2.20. The second-order valence-corrected chi connectivity index (χ2v) is 3.99. The first kappa shape index (κ1) is 8.69. The number of rotatable bonds is 2. The van der Waals surface area contributed by atoms with Gasteiger partial charge in [-0.05, 0) is 25.2 Å². The standard InChI is InChI=1S/C9H15N3O/c1-5-4-7(5)8(13)9-11-10-6(2)12(9)3/h5,7-8,13H,4H2,1-3H3. The Morgan fingerprint density at radius 2 is 2.15 bits per heavy atom. The van der Waals surface area contributed by atoms with Crippen molar-refractivity contribution < 1.29 is 5.11 Å². The van der Waals surface area contributed by atoms with Crippen molar-refractivity contribution in [2.75, 3.05) is 0 Å². The summed E-state index contributed by atoms with van der Waals surface area (Å²) in [6.07, 6.45) is 0.675. The number of aliphatic hydroxyl groups excluding tert-OH is 1. The van der Waals surface area contributed by atoms with E-state index in [0.717, 1.165) is 12.2 Å². The van der Waals surface area contributed by atoms with Crippen LogP contribution in [0.1, 0.15) is 31.1 Å². The molecule has 1 aromatic heterocycles. The fourth-order valence-electron chi connectivity index (χ4n) is 1.66. The maximum atomic E-state index is 9.90. The Morgan fingerprint density at radius 1 is 1.54 bits per heavy atom. The van der Waals surface area contributed by atoms with Gasteiger partial charge in [-0.1, -0.05) is 6.92 Å². The van der Waals surface area contributed by atoms with Crippen LogP contribution in [0.25, 0.3) is 0 Å². The van der Waals surface area contributed by atoms with Crippen LogP contribution in [-0.2, 0) is 7.05 Å². The molecule has 3 atom stereocenters. The van der Waals surface area contributed by atoms with Gasteiger partial charge in [0.1, 0.15) is 11.9 Å². The first-order valence-corrected chi connectivity index (χ1v) is 4.65. The lowest BCUT2D eigenvalue weighted by molar-refractivity contribution is 0.135. The minimum absolute atomic E-state index is 0.391. The van der Waals surface area contributed by atoms with E-state index in [0.29, 0.717) is 17.7 Å². The Hall–Kier alpha value is -0.900. The fraction of sp³-hybridized carbons (Fsp3) is 0.778. The highest BCUT2D eigenvalue weighted by Crippen LogP contribution is 2.46. The molecule has 1 aromatic rings. The van der Waals surface area contributed by atoms with Crippen molar-refractivity contribution in [2.45, 2.75) is 26.4 Å². The summed E-state index contributed by atoms with van der Waals surface area (Å²) in [4.78, 5) is 0. The molecule has 3 unspecified atom stereocenters. The molecule has 0 aromatic carbocycles. The van der Waals surface area contributed by atoms with E-state index in [4.69, 9.17) is 0 Å². The van der Waals surface area contributed by atoms with Crippen LogP contribution in [0, 0.1) is 18.8 Å². The predicted molar refractivity (Wildman–Crippen MR) is 48.0 cm³/mol. The van der Waals surface area contributed by atoms with Crippen molar-refractivity contribution in [2.24, 2.45) is 18.9 Å². The molecule has 1 N–H and O–H groups in total. The van der Waals surface area contributed by atoms with Gasteiger partial charge in [0.2, 0.25) is 0 Å². The average molecular weight is 181 g/mol. The van der Waals surface area contributed by atoms with Crippen LogP contribution in [0.5, 0.6) is 0 Å². The average Bonchev–Trinajstić information content (AvgIpc) is 2.73. The van der Waals surface area contributed by atoms with E-state index >= 15 is 0 Å². The summed E-state index contributed by atoms with van der Waals surface area (Å²) in [6, 6.07) is 0. The normalized spacial score (nSPS) is 28.9. The third kappa shape index (κ3) is 1.35. The van der Waals surface area contributed by atoms with Gasteiger partial charge in [-0.25, -0.2) is 0 Å². The van der Waals surface area contributed by atoms with Crippen molar-refractivity contribution in [1.82, 2.24) is 14.8 Å². The molecule has 4 heteroatoms. The fourth-order valence-corrected chi connectivity index (χ4v) is 1.66. The molecule has 1 heterocycles. The quantitative estimate of drug-likeness (QED) is 0.734. The van der Waals surface area contributed by atoms with Crippen LogP contribution in [0.2, 0.25) is 0 Å². The summed E-state index contributed by atoms with van der Waals surface area (Å²) in [7, 11) is 1.89. The summed E-state index contributed by atoms with van der Waals surface area (Å²) in [5, 5.41) is 17.8. The molecule has 0 saturated heterocycles. The number of aromatic nitrogens is 3. The van der Waals surface area contributed by atoms with Gasteiger partial charge in [0.25, 0.3) is 0 Å². The highest BCUT2D eigenvalue weighted by atomic mass is 16.3. The summed E-state index contributed by atoms with van der Waals surface area (Å²) in [6.45, 7) is 4.04. The SMILES string of the molecule is Cc1nnc(C(O)C2CC2C)n1C. The van der Waals surface area contributed by atoms with Gasteiger partial charge in [0.15, 0.2) is 5.82 Å². The van der Waals surface area contributed by atoms with Crippen LogP contribution < -0.4 is 0 Å². The van der Waals surface area contributed by atoms with Gasteiger partial charge < -0.3 is 9.67 Å². The minimum atomic E-state index is -0.429.